The number of aromatic nitrogens is 4. The Labute approximate surface area is 92.5 Å². The second-order valence-electron chi connectivity index (χ2n) is 3.13. The highest BCUT2D eigenvalue weighted by molar-refractivity contribution is 5.20. The summed E-state index contributed by atoms with van der Waals surface area (Å²) in [7, 11) is 0. The summed E-state index contributed by atoms with van der Waals surface area (Å²) >= 11 is 0. The second kappa shape index (κ2) is 5.22. The van der Waals surface area contributed by atoms with Crippen LogP contribution in [-0.2, 0) is 13.2 Å². The molecule has 0 amide bonds. The van der Waals surface area contributed by atoms with E-state index in [1.165, 1.54) is 4.80 Å². The van der Waals surface area contributed by atoms with E-state index in [4.69, 9.17) is 9.84 Å². The van der Waals surface area contributed by atoms with E-state index in [1.807, 2.05) is 30.3 Å². The van der Waals surface area contributed by atoms with Crippen LogP contribution in [0.25, 0.3) is 0 Å². The molecule has 0 unspecified atom stereocenters. The summed E-state index contributed by atoms with van der Waals surface area (Å²) in [6.07, 6.45) is 0. The minimum atomic E-state index is -0.00462. The molecule has 0 fully saturated rings. The van der Waals surface area contributed by atoms with Gasteiger partial charge in [-0.15, -0.1) is 10.2 Å². The van der Waals surface area contributed by atoms with Crippen LogP contribution in [0.4, 0.5) is 0 Å². The predicted octanol–water partition coefficient (Wildman–Crippen LogP) is 0.244. The first-order valence-electron chi connectivity index (χ1n) is 4.94. The summed E-state index contributed by atoms with van der Waals surface area (Å²) in [4.78, 5) is 1.34. The molecule has 84 valence electrons. The standard InChI is InChI=1S/C10H12N4O2/c15-7-6-14-12-10(11-13-14)8-16-9-4-2-1-3-5-9/h1-5,15H,6-8H2. The third-order valence-electron chi connectivity index (χ3n) is 1.91. The molecule has 0 spiro atoms. The lowest BCUT2D eigenvalue weighted by molar-refractivity contribution is 0.257. The van der Waals surface area contributed by atoms with Gasteiger partial charge in [0.25, 0.3) is 0 Å². The molecule has 2 aromatic rings. The number of rotatable bonds is 5. The van der Waals surface area contributed by atoms with Crippen molar-refractivity contribution in [1.82, 2.24) is 20.2 Å². The molecule has 1 N–H and O–H groups in total. The van der Waals surface area contributed by atoms with Gasteiger partial charge in [-0.3, -0.25) is 0 Å². The number of para-hydroxylation sites is 1. The lowest BCUT2D eigenvalue weighted by Crippen LogP contribution is -2.06. The molecule has 0 bridgehead atoms. The van der Waals surface area contributed by atoms with Crippen molar-refractivity contribution < 1.29 is 9.84 Å². The molecule has 0 aliphatic rings. The van der Waals surface area contributed by atoms with E-state index in [0.717, 1.165) is 5.75 Å². The fourth-order valence-electron chi connectivity index (χ4n) is 1.18. The topological polar surface area (TPSA) is 73.1 Å². The molecule has 1 aromatic carbocycles. The van der Waals surface area contributed by atoms with Crippen LogP contribution in [0.2, 0.25) is 0 Å². The summed E-state index contributed by atoms with van der Waals surface area (Å²) in [6.45, 7) is 0.614. The molecule has 1 heterocycles. The Morgan fingerprint density at radius 3 is 2.81 bits per heavy atom. The van der Waals surface area contributed by atoms with E-state index in [-0.39, 0.29) is 13.2 Å². The van der Waals surface area contributed by atoms with Gasteiger partial charge < -0.3 is 9.84 Å². The third-order valence-corrected chi connectivity index (χ3v) is 1.91. The molecule has 16 heavy (non-hydrogen) atoms. The largest absolute Gasteiger partial charge is 0.485 e. The number of aliphatic hydroxyl groups is 1. The van der Waals surface area contributed by atoms with Crippen LogP contribution >= 0.6 is 0 Å². The summed E-state index contributed by atoms with van der Waals surface area (Å²) in [5.74, 6) is 1.26. The maximum atomic E-state index is 8.68. The van der Waals surface area contributed by atoms with Gasteiger partial charge in [-0.1, -0.05) is 18.2 Å². The zero-order valence-electron chi connectivity index (χ0n) is 8.65. The molecule has 0 atom stereocenters. The third kappa shape index (κ3) is 2.77. The molecule has 0 aliphatic heterocycles. The van der Waals surface area contributed by atoms with Crippen LogP contribution in [-0.4, -0.2) is 31.9 Å². The van der Waals surface area contributed by atoms with Gasteiger partial charge >= 0.3 is 0 Å². The molecule has 6 nitrogen and oxygen atoms in total. The van der Waals surface area contributed by atoms with Crippen LogP contribution < -0.4 is 4.74 Å². The van der Waals surface area contributed by atoms with E-state index < -0.39 is 0 Å². The maximum Gasteiger partial charge on any atom is 0.212 e. The van der Waals surface area contributed by atoms with Crippen molar-refractivity contribution in [3.63, 3.8) is 0 Å². The number of nitrogens with zero attached hydrogens (tertiary/aromatic N) is 4. The van der Waals surface area contributed by atoms with E-state index in [2.05, 4.69) is 15.4 Å². The Balaban J connectivity index is 1.89. The van der Waals surface area contributed by atoms with Crippen LogP contribution in [0.15, 0.2) is 30.3 Å². The Bertz CT molecular complexity index is 429. The van der Waals surface area contributed by atoms with E-state index in [1.54, 1.807) is 0 Å². The molecule has 0 radical (unpaired) electrons. The summed E-state index contributed by atoms with van der Waals surface area (Å²) < 4.78 is 5.44. The van der Waals surface area contributed by atoms with Gasteiger partial charge in [-0.25, -0.2) is 0 Å². The minimum Gasteiger partial charge on any atom is -0.485 e. The number of benzene rings is 1. The summed E-state index contributed by atoms with van der Waals surface area (Å²) in [6, 6.07) is 9.43. The highest BCUT2D eigenvalue weighted by Crippen LogP contribution is 2.09. The van der Waals surface area contributed by atoms with Crippen molar-refractivity contribution in [3.05, 3.63) is 36.2 Å². The van der Waals surface area contributed by atoms with E-state index in [9.17, 15) is 0 Å². The molecule has 6 heteroatoms. The average molecular weight is 220 g/mol. The SMILES string of the molecule is OCCn1nnc(COc2ccccc2)n1. The molecule has 0 saturated heterocycles. The van der Waals surface area contributed by atoms with Crippen molar-refractivity contribution >= 4 is 0 Å². The number of hydrogen-bond acceptors (Lipinski definition) is 5. The zero-order chi connectivity index (χ0) is 11.2. The second-order valence-corrected chi connectivity index (χ2v) is 3.13. The molecular weight excluding hydrogens is 208 g/mol. The first-order valence-corrected chi connectivity index (χ1v) is 4.94. The Hall–Kier alpha value is -1.95. The lowest BCUT2D eigenvalue weighted by atomic mass is 10.3. The van der Waals surface area contributed by atoms with Gasteiger partial charge in [-0.2, -0.15) is 4.80 Å². The Kier molecular flexibility index (Phi) is 3.45. The maximum absolute atomic E-state index is 8.68. The smallest absolute Gasteiger partial charge is 0.212 e. The first-order chi connectivity index (χ1) is 7.88. The molecule has 0 aliphatic carbocycles. The quantitative estimate of drug-likeness (QED) is 0.781. The fourth-order valence-corrected chi connectivity index (χ4v) is 1.18. The average Bonchev–Trinajstić information content (AvgIpc) is 2.76. The number of tetrazole rings is 1. The van der Waals surface area contributed by atoms with E-state index >= 15 is 0 Å². The predicted molar refractivity (Wildman–Crippen MR) is 55.7 cm³/mol. The summed E-state index contributed by atoms with van der Waals surface area (Å²) in [5, 5.41) is 20.3. The zero-order valence-corrected chi connectivity index (χ0v) is 8.65. The van der Waals surface area contributed by atoms with Gasteiger partial charge in [0.1, 0.15) is 5.75 Å². The van der Waals surface area contributed by atoms with Gasteiger partial charge in [0.15, 0.2) is 6.61 Å². The molecule has 0 saturated carbocycles. The van der Waals surface area contributed by atoms with Crippen LogP contribution in [0.5, 0.6) is 5.75 Å². The van der Waals surface area contributed by atoms with Crippen molar-refractivity contribution in [2.24, 2.45) is 0 Å². The number of ether oxygens (including phenoxy) is 1. The monoisotopic (exact) mass is 220 g/mol. The number of aliphatic hydroxyl groups excluding tert-OH is 1. The van der Waals surface area contributed by atoms with Gasteiger partial charge in [0.05, 0.1) is 13.2 Å². The van der Waals surface area contributed by atoms with Crippen molar-refractivity contribution in [1.29, 1.82) is 0 Å². The molecule has 2 rings (SSSR count). The van der Waals surface area contributed by atoms with Crippen molar-refractivity contribution in [3.8, 4) is 5.75 Å². The highest BCUT2D eigenvalue weighted by Gasteiger charge is 2.02. The van der Waals surface area contributed by atoms with Crippen molar-refractivity contribution in [2.45, 2.75) is 13.2 Å². The van der Waals surface area contributed by atoms with Crippen molar-refractivity contribution in [2.75, 3.05) is 6.61 Å². The Morgan fingerprint density at radius 2 is 2.06 bits per heavy atom. The first kappa shape index (κ1) is 10.6. The molecular formula is C10H12N4O2. The fraction of sp³-hybridized carbons (Fsp3) is 0.300. The van der Waals surface area contributed by atoms with Crippen LogP contribution in [0.1, 0.15) is 5.82 Å². The lowest BCUT2D eigenvalue weighted by Gasteiger charge is -2.01. The normalized spacial score (nSPS) is 10.3. The van der Waals surface area contributed by atoms with Gasteiger partial charge in [0, 0.05) is 0 Å². The van der Waals surface area contributed by atoms with Crippen LogP contribution in [0.3, 0.4) is 0 Å². The van der Waals surface area contributed by atoms with Gasteiger partial charge in [0.2, 0.25) is 5.82 Å². The van der Waals surface area contributed by atoms with E-state index in [0.29, 0.717) is 12.4 Å². The van der Waals surface area contributed by atoms with Gasteiger partial charge in [-0.05, 0) is 17.3 Å². The van der Waals surface area contributed by atoms with Crippen LogP contribution in [0, 0.1) is 0 Å². The Morgan fingerprint density at radius 1 is 1.25 bits per heavy atom. The summed E-state index contributed by atoms with van der Waals surface area (Å²) in [5.41, 5.74) is 0. The molecule has 1 aromatic heterocycles. The minimum absolute atomic E-state index is 0.00462. The highest BCUT2D eigenvalue weighted by atomic mass is 16.5. The number of hydrogen-bond donors (Lipinski definition) is 1.